The Morgan fingerprint density at radius 1 is 0.889 bits per heavy atom. The van der Waals surface area contributed by atoms with Crippen molar-refractivity contribution in [3.05, 3.63) is 93.5 Å². The molecule has 5 rings (SSSR count). The van der Waals surface area contributed by atoms with Gasteiger partial charge in [-0.05, 0) is 29.8 Å². The Bertz CT molecular complexity index is 1120. The molecule has 0 saturated carbocycles. The maximum atomic E-state index is 13.3. The number of fused-ring (bicyclic) bond motifs is 4. The first-order valence-corrected chi connectivity index (χ1v) is 10.2. The van der Waals surface area contributed by atoms with E-state index in [9.17, 15) is 4.79 Å². The quantitative estimate of drug-likeness (QED) is 0.443. The average molecular weight is 410 g/mol. The van der Waals surface area contributed by atoms with Gasteiger partial charge in [-0.3, -0.25) is 9.79 Å². The lowest BCUT2D eigenvalue weighted by atomic mass is 9.93. The van der Waals surface area contributed by atoms with E-state index in [1.54, 1.807) is 17.8 Å². The lowest BCUT2D eigenvalue weighted by molar-refractivity contribution is 0.0960. The summed E-state index contributed by atoms with van der Waals surface area (Å²) in [6, 6.07) is 21.2. The zero-order valence-electron chi connectivity index (χ0n) is 14.0. The number of hydrogen-bond acceptors (Lipinski definition) is 3. The first-order valence-electron chi connectivity index (χ1n) is 8.56. The highest BCUT2D eigenvalue weighted by Gasteiger charge is 2.44. The number of nitrogens with zero attached hydrogens (tertiary/aromatic N) is 1. The molecule has 132 valence electrons. The lowest BCUT2D eigenvalue weighted by Gasteiger charge is -2.22. The van der Waals surface area contributed by atoms with Crippen LogP contribution in [0.4, 0.5) is 5.69 Å². The molecular weight excluding hydrogens is 397 g/mol. The summed E-state index contributed by atoms with van der Waals surface area (Å²) in [6.07, 6.45) is 0. The molecule has 1 aliphatic carbocycles. The molecule has 0 fully saturated rings. The number of thioether (sulfide) groups is 1. The van der Waals surface area contributed by atoms with Crippen molar-refractivity contribution in [2.75, 3.05) is 0 Å². The third-order valence-electron chi connectivity index (χ3n) is 4.98. The fourth-order valence-corrected chi connectivity index (χ4v) is 5.73. The fourth-order valence-electron chi connectivity index (χ4n) is 3.75. The monoisotopic (exact) mass is 409 g/mol. The van der Waals surface area contributed by atoms with E-state index in [0.717, 1.165) is 33.0 Å². The Labute approximate surface area is 171 Å². The molecule has 27 heavy (non-hydrogen) atoms. The highest BCUT2D eigenvalue weighted by atomic mass is 35.5. The SMILES string of the molecule is O=C1c2ccccc2C2=Nc3ccccc3S[C@H](c3ccc(Cl)cc3Cl)[C@@H]12. The molecule has 0 radical (unpaired) electrons. The number of rotatable bonds is 1. The number of para-hydroxylation sites is 1. The van der Waals surface area contributed by atoms with E-state index >= 15 is 0 Å². The summed E-state index contributed by atoms with van der Waals surface area (Å²) < 4.78 is 0. The van der Waals surface area contributed by atoms with Crippen LogP contribution in [-0.4, -0.2) is 11.5 Å². The maximum Gasteiger partial charge on any atom is 0.174 e. The molecule has 0 spiro atoms. The molecule has 5 heteroatoms. The van der Waals surface area contributed by atoms with Gasteiger partial charge in [-0.1, -0.05) is 65.7 Å². The van der Waals surface area contributed by atoms with Crippen LogP contribution in [0.1, 0.15) is 26.7 Å². The molecule has 1 heterocycles. The van der Waals surface area contributed by atoms with Gasteiger partial charge in [0.2, 0.25) is 0 Å². The van der Waals surface area contributed by atoms with Crippen LogP contribution in [0, 0.1) is 5.92 Å². The number of carbonyl (C=O) groups excluding carboxylic acids is 1. The fraction of sp³-hybridized carbons (Fsp3) is 0.0909. The topological polar surface area (TPSA) is 29.4 Å². The molecule has 0 N–H and O–H groups in total. The number of halogens is 2. The van der Waals surface area contributed by atoms with E-state index in [1.807, 2.05) is 60.7 Å². The van der Waals surface area contributed by atoms with E-state index in [0.29, 0.717) is 10.0 Å². The van der Waals surface area contributed by atoms with E-state index in [-0.39, 0.29) is 17.0 Å². The van der Waals surface area contributed by atoms with E-state index in [1.165, 1.54) is 0 Å². The standard InChI is InChI=1S/C22H13Cl2NOS/c23-12-9-10-15(16(24)11-12)22-19-20(13-5-1-2-6-14(13)21(19)26)25-17-7-3-4-8-18(17)27-22/h1-11,19,22H/t19-,22-/m1/s1. The van der Waals surface area contributed by atoms with Gasteiger partial charge in [0, 0.05) is 26.1 Å². The minimum absolute atomic E-state index is 0.0978. The Kier molecular flexibility index (Phi) is 4.12. The van der Waals surface area contributed by atoms with Gasteiger partial charge >= 0.3 is 0 Å². The van der Waals surface area contributed by atoms with Crippen LogP contribution < -0.4 is 0 Å². The summed E-state index contributed by atoms with van der Waals surface area (Å²) in [5, 5.41) is 0.984. The van der Waals surface area contributed by atoms with Gasteiger partial charge in [-0.15, -0.1) is 11.8 Å². The van der Waals surface area contributed by atoms with Crippen LogP contribution >= 0.6 is 35.0 Å². The van der Waals surface area contributed by atoms with Crippen molar-refractivity contribution in [3.63, 3.8) is 0 Å². The lowest BCUT2D eigenvalue weighted by Crippen LogP contribution is -2.22. The Balaban J connectivity index is 1.76. The second kappa shape index (κ2) is 6.52. The Morgan fingerprint density at radius 2 is 1.63 bits per heavy atom. The van der Waals surface area contributed by atoms with Crippen molar-refractivity contribution in [1.82, 2.24) is 0 Å². The van der Waals surface area contributed by atoms with E-state index in [2.05, 4.69) is 0 Å². The second-order valence-electron chi connectivity index (χ2n) is 6.56. The van der Waals surface area contributed by atoms with Gasteiger partial charge in [-0.2, -0.15) is 0 Å². The van der Waals surface area contributed by atoms with Gasteiger partial charge in [0.15, 0.2) is 5.78 Å². The van der Waals surface area contributed by atoms with Crippen molar-refractivity contribution in [2.24, 2.45) is 10.9 Å². The molecule has 3 aromatic rings. The van der Waals surface area contributed by atoms with Gasteiger partial charge < -0.3 is 0 Å². The molecule has 2 atom stereocenters. The number of benzene rings is 3. The number of ketones is 1. The minimum atomic E-state index is -0.376. The molecule has 2 nitrogen and oxygen atoms in total. The minimum Gasteiger partial charge on any atom is -0.293 e. The third kappa shape index (κ3) is 2.73. The number of Topliss-reactive ketones (excluding diaryl/α,β-unsaturated/α-hetero) is 1. The predicted molar refractivity (Wildman–Crippen MR) is 112 cm³/mol. The van der Waals surface area contributed by atoms with Crippen molar-refractivity contribution in [3.8, 4) is 0 Å². The number of hydrogen-bond donors (Lipinski definition) is 0. The molecule has 3 aromatic carbocycles. The summed E-state index contributed by atoms with van der Waals surface area (Å²) in [4.78, 5) is 19.3. The Morgan fingerprint density at radius 3 is 2.44 bits per heavy atom. The smallest absolute Gasteiger partial charge is 0.174 e. The van der Waals surface area contributed by atoms with Crippen molar-refractivity contribution in [2.45, 2.75) is 10.1 Å². The van der Waals surface area contributed by atoms with Crippen LogP contribution in [0.25, 0.3) is 0 Å². The first kappa shape index (κ1) is 17.1. The zero-order valence-corrected chi connectivity index (χ0v) is 16.4. The van der Waals surface area contributed by atoms with E-state index < -0.39 is 0 Å². The Hall–Kier alpha value is -2.07. The predicted octanol–water partition coefficient (Wildman–Crippen LogP) is 6.77. The third-order valence-corrected chi connectivity index (χ3v) is 6.92. The van der Waals surface area contributed by atoms with Gasteiger partial charge in [-0.25, -0.2) is 0 Å². The molecule has 1 aliphatic heterocycles. The summed E-state index contributed by atoms with van der Waals surface area (Å²) >= 11 is 14.3. The number of aliphatic imine (C=N–C) groups is 1. The highest BCUT2D eigenvalue weighted by Crippen LogP contribution is 2.52. The molecule has 0 amide bonds. The van der Waals surface area contributed by atoms with Crippen molar-refractivity contribution in [1.29, 1.82) is 0 Å². The largest absolute Gasteiger partial charge is 0.293 e. The normalized spacial score (nSPS) is 20.4. The molecule has 0 aromatic heterocycles. The first-order chi connectivity index (χ1) is 13.1. The molecular formula is C22H13Cl2NOS. The van der Waals surface area contributed by atoms with Crippen LogP contribution in [-0.2, 0) is 0 Å². The molecule has 0 bridgehead atoms. The highest BCUT2D eigenvalue weighted by molar-refractivity contribution is 7.99. The van der Waals surface area contributed by atoms with Crippen LogP contribution in [0.5, 0.6) is 0 Å². The van der Waals surface area contributed by atoms with Crippen molar-refractivity contribution >= 4 is 52.1 Å². The molecule has 0 saturated heterocycles. The van der Waals surface area contributed by atoms with Crippen LogP contribution in [0.3, 0.4) is 0 Å². The van der Waals surface area contributed by atoms with E-state index in [4.69, 9.17) is 28.2 Å². The molecule has 2 aliphatic rings. The zero-order chi connectivity index (χ0) is 18.5. The molecule has 0 unspecified atom stereocenters. The summed E-state index contributed by atoms with van der Waals surface area (Å²) in [5.41, 5.74) is 4.27. The number of carbonyl (C=O) groups is 1. The average Bonchev–Trinajstić information content (AvgIpc) is 2.84. The van der Waals surface area contributed by atoms with Gasteiger partial charge in [0.25, 0.3) is 0 Å². The van der Waals surface area contributed by atoms with Crippen LogP contribution in [0.15, 0.2) is 76.6 Å². The van der Waals surface area contributed by atoms with Gasteiger partial charge in [0.1, 0.15) is 0 Å². The van der Waals surface area contributed by atoms with Crippen LogP contribution in [0.2, 0.25) is 10.0 Å². The van der Waals surface area contributed by atoms with Gasteiger partial charge in [0.05, 0.1) is 22.6 Å². The summed E-state index contributed by atoms with van der Waals surface area (Å²) in [7, 11) is 0. The summed E-state index contributed by atoms with van der Waals surface area (Å²) in [5.74, 6) is -0.279. The maximum absolute atomic E-state index is 13.3. The summed E-state index contributed by atoms with van der Waals surface area (Å²) in [6.45, 7) is 0. The second-order valence-corrected chi connectivity index (χ2v) is 8.58. The van der Waals surface area contributed by atoms with Crippen molar-refractivity contribution < 1.29 is 4.79 Å².